The Morgan fingerprint density at radius 2 is 1.88 bits per heavy atom. The minimum atomic E-state index is 0.0943. The van der Waals surface area contributed by atoms with Crippen molar-refractivity contribution in [2.24, 2.45) is 11.8 Å². The molecule has 1 rings (SSSR count). The van der Waals surface area contributed by atoms with Crippen molar-refractivity contribution >= 4 is 0 Å². The van der Waals surface area contributed by atoms with E-state index in [0.717, 1.165) is 12.1 Å². The third-order valence-electron chi connectivity index (χ3n) is 2.99. The Morgan fingerprint density at radius 1 is 1.19 bits per heavy atom. The van der Waals surface area contributed by atoms with Crippen molar-refractivity contribution in [3.05, 3.63) is 23.8 Å². The highest BCUT2D eigenvalue weighted by molar-refractivity contribution is 5.38. The maximum Gasteiger partial charge on any atom is 0.123 e. The smallest absolute Gasteiger partial charge is 0.123 e. The van der Waals surface area contributed by atoms with E-state index in [9.17, 15) is 5.11 Å². The molecule has 0 aromatic heterocycles. The van der Waals surface area contributed by atoms with Gasteiger partial charge in [0, 0.05) is 18.2 Å². The Hall–Kier alpha value is -1.22. The average Bonchev–Trinajstić information content (AvgIpc) is 2.20. The summed E-state index contributed by atoms with van der Waals surface area (Å²) in [5.41, 5.74) is 0.814. The minimum absolute atomic E-state index is 0.0943. The van der Waals surface area contributed by atoms with Crippen molar-refractivity contribution in [3.8, 4) is 11.5 Å². The van der Waals surface area contributed by atoms with Gasteiger partial charge in [-0.05, 0) is 24.4 Å². The molecule has 0 aliphatic carbocycles. The lowest BCUT2D eigenvalue weighted by Gasteiger charge is -2.16. The lowest BCUT2D eigenvalue weighted by molar-refractivity contribution is 0.389. The van der Waals surface area contributed by atoms with E-state index in [2.05, 4.69) is 26.1 Å². The first-order valence-corrected chi connectivity index (χ1v) is 5.72. The van der Waals surface area contributed by atoms with E-state index in [1.54, 1.807) is 12.1 Å². The molecule has 0 saturated heterocycles. The lowest BCUT2D eigenvalue weighted by atomic mass is 9.98. The van der Waals surface area contributed by atoms with Gasteiger partial charge in [-0.15, -0.1) is 0 Å². The molecule has 90 valence electrons. The van der Waals surface area contributed by atoms with Gasteiger partial charge in [-0.1, -0.05) is 26.8 Å². The van der Waals surface area contributed by atoms with Crippen LogP contribution in [0.2, 0.25) is 0 Å². The zero-order valence-corrected chi connectivity index (χ0v) is 10.2. The fourth-order valence-electron chi connectivity index (χ4n) is 1.37. The van der Waals surface area contributed by atoms with Crippen LogP contribution in [0.4, 0.5) is 0 Å². The SMILES string of the molecule is CC(C)C(C)CNCc1ccc(O)cc1O. The second kappa shape index (κ2) is 5.75. The quantitative estimate of drug-likeness (QED) is 0.718. The molecular weight excluding hydrogens is 202 g/mol. The van der Waals surface area contributed by atoms with Gasteiger partial charge in [0.05, 0.1) is 0 Å². The number of phenols is 2. The predicted molar refractivity (Wildman–Crippen MR) is 65.5 cm³/mol. The number of rotatable bonds is 5. The summed E-state index contributed by atoms with van der Waals surface area (Å²) in [6.07, 6.45) is 0. The van der Waals surface area contributed by atoms with Crippen LogP contribution in [0.25, 0.3) is 0 Å². The third-order valence-corrected chi connectivity index (χ3v) is 2.99. The summed E-state index contributed by atoms with van der Waals surface area (Å²) >= 11 is 0. The molecule has 0 amide bonds. The maximum atomic E-state index is 9.57. The molecule has 0 spiro atoms. The van der Waals surface area contributed by atoms with Gasteiger partial charge in [0.15, 0.2) is 0 Å². The number of nitrogens with one attached hydrogen (secondary N) is 1. The van der Waals surface area contributed by atoms with Crippen molar-refractivity contribution in [2.45, 2.75) is 27.3 Å². The first-order chi connectivity index (χ1) is 7.50. The van der Waals surface area contributed by atoms with Gasteiger partial charge in [-0.2, -0.15) is 0 Å². The van der Waals surface area contributed by atoms with Gasteiger partial charge in [0.2, 0.25) is 0 Å². The van der Waals surface area contributed by atoms with Crippen molar-refractivity contribution < 1.29 is 10.2 Å². The van der Waals surface area contributed by atoms with E-state index in [1.807, 2.05) is 0 Å². The lowest BCUT2D eigenvalue weighted by Crippen LogP contribution is -2.23. The van der Waals surface area contributed by atoms with Crippen LogP contribution in [0.3, 0.4) is 0 Å². The summed E-state index contributed by atoms with van der Waals surface area (Å²) in [4.78, 5) is 0. The molecule has 3 N–H and O–H groups in total. The normalized spacial score (nSPS) is 13.0. The molecule has 0 fully saturated rings. The second-order valence-electron chi connectivity index (χ2n) is 4.67. The molecule has 0 heterocycles. The molecule has 0 saturated carbocycles. The van der Waals surface area contributed by atoms with Crippen LogP contribution in [0, 0.1) is 11.8 Å². The van der Waals surface area contributed by atoms with E-state index in [4.69, 9.17) is 5.11 Å². The monoisotopic (exact) mass is 223 g/mol. The van der Waals surface area contributed by atoms with E-state index in [0.29, 0.717) is 18.4 Å². The summed E-state index contributed by atoms with van der Waals surface area (Å²) in [7, 11) is 0. The van der Waals surface area contributed by atoms with Crippen LogP contribution in [0.1, 0.15) is 26.3 Å². The molecule has 1 aromatic rings. The van der Waals surface area contributed by atoms with Crippen molar-refractivity contribution in [1.29, 1.82) is 0 Å². The highest BCUT2D eigenvalue weighted by Crippen LogP contribution is 2.22. The average molecular weight is 223 g/mol. The number of aromatic hydroxyl groups is 2. The van der Waals surface area contributed by atoms with Crippen LogP contribution >= 0.6 is 0 Å². The summed E-state index contributed by atoms with van der Waals surface area (Å²) < 4.78 is 0. The van der Waals surface area contributed by atoms with E-state index in [-0.39, 0.29) is 11.5 Å². The molecule has 1 aromatic carbocycles. The zero-order chi connectivity index (χ0) is 12.1. The highest BCUT2D eigenvalue weighted by atomic mass is 16.3. The Balaban J connectivity index is 2.43. The van der Waals surface area contributed by atoms with Crippen LogP contribution in [-0.4, -0.2) is 16.8 Å². The number of benzene rings is 1. The number of hydrogen-bond donors (Lipinski definition) is 3. The molecule has 3 nitrogen and oxygen atoms in total. The van der Waals surface area contributed by atoms with Crippen LogP contribution in [0.5, 0.6) is 11.5 Å². The van der Waals surface area contributed by atoms with Gasteiger partial charge in [-0.25, -0.2) is 0 Å². The van der Waals surface area contributed by atoms with E-state index < -0.39 is 0 Å². The molecule has 0 aliphatic rings. The minimum Gasteiger partial charge on any atom is -0.508 e. The van der Waals surface area contributed by atoms with Crippen LogP contribution in [-0.2, 0) is 6.54 Å². The molecule has 0 radical (unpaired) electrons. The standard InChI is InChI=1S/C13H21NO2/c1-9(2)10(3)7-14-8-11-4-5-12(15)6-13(11)16/h4-6,9-10,14-16H,7-8H2,1-3H3. The maximum absolute atomic E-state index is 9.57. The molecule has 1 unspecified atom stereocenters. The Labute approximate surface area is 97.1 Å². The molecule has 3 heteroatoms. The molecular formula is C13H21NO2. The van der Waals surface area contributed by atoms with Gasteiger partial charge in [0.25, 0.3) is 0 Å². The summed E-state index contributed by atoms with van der Waals surface area (Å²) in [5.74, 6) is 1.50. The molecule has 16 heavy (non-hydrogen) atoms. The topological polar surface area (TPSA) is 52.5 Å². The van der Waals surface area contributed by atoms with Gasteiger partial charge >= 0.3 is 0 Å². The Kier molecular flexibility index (Phi) is 4.62. The van der Waals surface area contributed by atoms with Crippen molar-refractivity contribution in [2.75, 3.05) is 6.54 Å². The zero-order valence-electron chi connectivity index (χ0n) is 10.2. The van der Waals surface area contributed by atoms with Crippen LogP contribution in [0.15, 0.2) is 18.2 Å². The van der Waals surface area contributed by atoms with E-state index >= 15 is 0 Å². The largest absolute Gasteiger partial charge is 0.508 e. The summed E-state index contributed by atoms with van der Waals surface area (Å²) in [6, 6.07) is 4.68. The molecule has 0 bridgehead atoms. The van der Waals surface area contributed by atoms with E-state index in [1.165, 1.54) is 6.07 Å². The Morgan fingerprint density at radius 3 is 2.44 bits per heavy atom. The third kappa shape index (κ3) is 3.74. The summed E-state index contributed by atoms with van der Waals surface area (Å²) in [5, 5.41) is 22.0. The fourth-order valence-corrected chi connectivity index (χ4v) is 1.37. The van der Waals surface area contributed by atoms with Gasteiger partial charge in [-0.3, -0.25) is 0 Å². The van der Waals surface area contributed by atoms with Crippen molar-refractivity contribution in [3.63, 3.8) is 0 Å². The second-order valence-corrected chi connectivity index (χ2v) is 4.67. The molecule has 0 aliphatic heterocycles. The van der Waals surface area contributed by atoms with Crippen LogP contribution < -0.4 is 5.32 Å². The number of hydrogen-bond acceptors (Lipinski definition) is 3. The fraction of sp³-hybridized carbons (Fsp3) is 0.538. The number of phenolic OH excluding ortho intramolecular Hbond substituents is 2. The summed E-state index contributed by atoms with van der Waals surface area (Å²) in [6.45, 7) is 8.16. The van der Waals surface area contributed by atoms with Crippen molar-refractivity contribution in [1.82, 2.24) is 5.32 Å². The van der Waals surface area contributed by atoms with Gasteiger partial charge < -0.3 is 15.5 Å². The predicted octanol–water partition coefficient (Wildman–Crippen LogP) is 2.48. The first kappa shape index (κ1) is 12.8. The first-order valence-electron chi connectivity index (χ1n) is 5.72. The molecule has 1 atom stereocenters. The van der Waals surface area contributed by atoms with Gasteiger partial charge in [0.1, 0.15) is 11.5 Å². The Bertz CT molecular complexity index is 337. The highest BCUT2D eigenvalue weighted by Gasteiger charge is 2.07.